The first-order chi connectivity index (χ1) is 12.6. The average Bonchev–Trinajstić information content (AvgIpc) is 3.09. The van der Waals surface area contributed by atoms with Crippen LogP contribution in [-0.4, -0.2) is 29.2 Å². The zero-order valence-electron chi connectivity index (χ0n) is 14.9. The zero-order chi connectivity index (χ0) is 18.7. The quantitative estimate of drug-likeness (QED) is 0.618. The first-order valence-electron chi connectivity index (χ1n) is 8.40. The highest BCUT2D eigenvalue weighted by Crippen LogP contribution is 2.32. The van der Waals surface area contributed by atoms with Gasteiger partial charge in [-0.05, 0) is 31.0 Å². The van der Waals surface area contributed by atoms with Crippen LogP contribution in [0.4, 0.5) is 0 Å². The maximum absolute atomic E-state index is 13.1. The Labute approximate surface area is 155 Å². The Morgan fingerprint density at radius 1 is 1.27 bits per heavy atom. The first kappa shape index (κ1) is 18.1. The molecule has 0 fully saturated rings. The smallest absolute Gasteiger partial charge is 0.329 e. The summed E-state index contributed by atoms with van der Waals surface area (Å²) in [5.74, 6) is 0.330. The second kappa shape index (κ2) is 7.70. The van der Waals surface area contributed by atoms with Gasteiger partial charge in [0.1, 0.15) is 16.6 Å². The number of methoxy groups -OCH3 is 1. The largest absolute Gasteiger partial charge is 0.494 e. The van der Waals surface area contributed by atoms with Crippen LogP contribution in [0.25, 0.3) is 21.3 Å². The molecule has 0 saturated carbocycles. The fraction of sp³-hybridized carbons (Fsp3) is 0.316. The first-order valence-corrected chi connectivity index (χ1v) is 9.28. The van der Waals surface area contributed by atoms with E-state index in [1.54, 1.807) is 0 Å². The lowest BCUT2D eigenvalue weighted by molar-refractivity contribution is -0.144. The van der Waals surface area contributed by atoms with E-state index in [9.17, 15) is 9.59 Å². The number of benzene rings is 1. The molecule has 1 atom stereocenters. The fourth-order valence-corrected chi connectivity index (χ4v) is 3.80. The van der Waals surface area contributed by atoms with Gasteiger partial charge in [-0.3, -0.25) is 9.36 Å². The summed E-state index contributed by atoms with van der Waals surface area (Å²) < 4.78 is 11.6. The minimum Gasteiger partial charge on any atom is -0.494 e. The number of fused-ring (bicyclic) bond motifs is 1. The second-order valence-corrected chi connectivity index (χ2v) is 6.55. The van der Waals surface area contributed by atoms with E-state index in [2.05, 4.69) is 4.98 Å². The maximum atomic E-state index is 13.1. The summed E-state index contributed by atoms with van der Waals surface area (Å²) in [4.78, 5) is 30.1. The van der Waals surface area contributed by atoms with E-state index in [0.29, 0.717) is 23.2 Å². The van der Waals surface area contributed by atoms with Gasteiger partial charge in [-0.25, -0.2) is 9.78 Å². The van der Waals surface area contributed by atoms with Gasteiger partial charge >= 0.3 is 5.97 Å². The molecule has 26 heavy (non-hydrogen) atoms. The molecule has 7 heteroatoms. The van der Waals surface area contributed by atoms with Gasteiger partial charge in [-0.2, -0.15) is 0 Å². The molecule has 3 rings (SSSR count). The van der Waals surface area contributed by atoms with Gasteiger partial charge in [-0.15, -0.1) is 11.3 Å². The van der Waals surface area contributed by atoms with Gasteiger partial charge in [-0.1, -0.05) is 19.1 Å². The summed E-state index contributed by atoms with van der Waals surface area (Å²) in [5, 5.41) is 2.43. The maximum Gasteiger partial charge on any atom is 0.329 e. The number of hydrogen-bond acceptors (Lipinski definition) is 6. The van der Waals surface area contributed by atoms with Crippen LogP contribution >= 0.6 is 11.3 Å². The normalized spacial score (nSPS) is 12.1. The lowest BCUT2D eigenvalue weighted by atomic mass is 10.1. The Hall–Kier alpha value is -2.67. The van der Waals surface area contributed by atoms with E-state index < -0.39 is 12.0 Å². The summed E-state index contributed by atoms with van der Waals surface area (Å²) in [6, 6.07) is 6.90. The van der Waals surface area contributed by atoms with Crippen LogP contribution in [0, 0.1) is 0 Å². The molecule has 0 aliphatic heterocycles. The third-order valence-electron chi connectivity index (χ3n) is 4.19. The van der Waals surface area contributed by atoms with Crippen molar-refractivity contribution in [3.63, 3.8) is 0 Å². The van der Waals surface area contributed by atoms with Crippen molar-refractivity contribution in [1.29, 1.82) is 0 Å². The number of ether oxygens (including phenoxy) is 2. The van der Waals surface area contributed by atoms with Crippen molar-refractivity contribution in [3.8, 4) is 16.9 Å². The Morgan fingerprint density at radius 3 is 2.62 bits per heavy atom. The molecule has 1 aromatic carbocycles. The van der Waals surface area contributed by atoms with Crippen LogP contribution < -0.4 is 10.3 Å². The summed E-state index contributed by atoms with van der Waals surface area (Å²) in [6.07, 6.45) is 1.87. The molecule has 2 heterocycles. The molecular weight excluding hydrogens is 352 g/mol. The number of hydrogen-bond donors (Lipinski definition) is 0. The number of carbonyl (C=O) groups excluding carboxylic acids is 1. The number of thiophene rings is 1. The average molecular weight is 372 g/mol. The predicted molar refractivity (Wildman–Crippen MR) is 102 cm³/mol. The lowest BCUT2D eigenvalue weighted by Gasteiger charge is -2.15. The Bertz CT molecular complexity index is 975. The van der Waals surface area contributed by atoms with E-state index in [1.165, 1.54) is 29.3 Å². The monoisotopic (exact) mass is 372 g/mol. The summed E-state index contributed by atoms with van der Waals surface area (Å²) >= 11 is 1.41. The molecule has 0 amide bonds. The van der Waals surface area contributed by atoms with Gasteiger partial charge < -0.3 is 9.47 Å². The Kier molecular flexibility index (Phi) is 5.37. The van der Waals surface area contributed by atoms with Gasteiger partial charge in [0.05, 0.1) is 25.4 Å². The summed E-state index contributed by atoms with van der Waals surface area (Å²) in [5.41, 5.74) is 1.47. The molecule has 0 bridgehead atoms. The van der Waals surface area contributed by atoms with Crippen LogP contribution in [0.2, 0.25) is 0 Å². The molecule has 0 spiro atoms. The molecule has 0 aliphatic carbocycles. The molecule has 6 nitrogen and oxygen atoms in total. The minimum absolute atomic E-state index is 0.239. The van der Waals surface area contributed by atoms with Crippen molar-refractivity contribution in [2.45, 2.75) is 26.3 Å². The standard InChI is InChI=1S/C19H20N2O4S/c1-4-15(19(23)24-3)21-11-20-17-16(18(21)22)14(10-26-17)12-6-8-13(9-7-12)25-5-2/h6-11,15H,4-5H2,1-3H3/t15-/m0/s1. The number of rotatable bonds is 6. The summed E-state index contributed by atoms with van der Waals surface area (Å²) in [6.45, 7) is 4.36. The molecular formula is C19H20N2O4S. The number of nitrogens with zero attached hydrogens (tertiary/aromatic N) is 2. The van der Waals surface area contributed by atoms with E-state index in [4.69, 9.17) is 9.47 Å². The van der Waals surface area contributed by atoms with Gasteiger partial charge in [0.15, 0.2) is 0 Å². The van der Waals surface area contributed by atoms with Crippen molar-refractivity contribution in [2.24, 2.45) is 0 Å². The van der Waals surface area contributed by atoms with Crippen LogP contribution in [0.5, 0.6) is 5.75 Å². The van der Waals surface area contributed by atoms with Gasteiger partial charge in [0, 0.05) is 10.9 Å². The van der Waals surface area contributed by atoms with Crippen LogP contribution in [0.15, 0.2) is 40.8 Å². The SMILES string of the molecule is CCOc1ccc(-c2csc3ncn([C@@H](CC)C(=O)OC)c(=O)c23)cc1. The highest BCUT2D eigenvalue weighted by atomic mass is 32.1. The molecule has 0 radical (unpaired) electrons. The third kappa shape index (κ3) is 3.22. The zero-order valence-corrected chi connectivity index (χ0v) is 15.7. The molecule has 136 valence electrons. The van der Waals surface area contributed by atoms with Crippen molar-refractivity contribution >= 4 is 27.5 Å². The van der Waals surface area contributed by atoms with Crippen molar-refractivity contribution < 1.29 is 14.3 Å². The predicted octanol–water partition coefficient (Wildman–Crippen LogP) is 3.65. The van der Waals surface area contributed by atoms with Gasteiger partial charge in [0.25, 0.3) is 5.56 Å². The molecule has 0 unspecified atom stereocenters. The highest BCUT2D eigenvalue weighted by molar-refractivity contribution is 7.17. The van der Waals surface area contributed by atoms with E-state index in [-0.39, 0.29) is 5.56 Å². The number of carbonyl (C=O) groups is 1. The van der Waals surface area contributed by atoms with Crippen molar-refractivity contribution in [1.82, 2.24) is 9.55 Å². The fourth-order valence-electron chi connectivity index (χ4n) is 2.89. The molecule has 2 aromatic heterocycles. The van der Waals surface area contributed by atoms with Crippen molar-refractivity contribution in [3.05, 3.63) is 46.3 Å². The molecule has 0 saturated heterocycles. The van der Waals surface area contributed by atoms with Crippen molar-refractivity contribution in [2.75, 3.05) is 13.7 Å². The Balaban J connectivity index is 2.12. The second-order valence-electron chi connectivity index (χ2n) is 5.69. The number of aromatic nitrogens is 2. The van der Waals surface area contributed by atoms with E-state index >= 15 is 0 Å². The van der Waals surface area contributed by atoms with Crippen LogP contribution in [0.1, 0.15) is 26.3 Å². The molecule has 3 aromatic rings. The Morgan fingerprint density at radius 2 is 2.00 bits per heavy atom. The minimum atomic E-state index is -0.683. The third-order valence-corrected chi connectivity index (χ3v) is 5.08. The van der Waals surface area contributed by atoms with Gasteiger partial charge in [0.2, 0.25) is 0 Å². The lowest BCUT2D eigenvalue weighted by Crippen LogP contribution is -2.30. The van der Waals surface area contributed by atoms with Crippen LogP contribution in [-0.2, 0) is 9.53 Å². The summed E-state index contributed by atoms with van der Waals surface area (Å²) in [7, 11) is 1.32. The van der Waals surface area contributed by atoms with E-state index in [1.807, 2.05) is 43.5 Å². The topological polar surface area (TPSA) is 70.4 Å². The molecule has 0 N–H and O–H groups in total. The molecule has 0 aliphatic rings. The number of esters is 1. The van der Waals surface area contributed by atoms with Crippen LogP contribution in [0.3, 0.4) is 0 Å². The van der Waals surface area contributed by atoms with E-state index in [0.717, 1.165) is 16.9 Å². The highest BCUT2D eigenvalue weighted by Gasteiger charge is 2.23.